The van der Waals surface area contributed by atoms with Crippen LogP contribution in [0.25, 0.3) is 10.6 Å². The molecule has 0 aliphatic rings. The van der Waals surface area contributed by atoms with Crippen molar-refractivity contribution < 1.29 is 9.53 Å². The van der Waals surface area contributed by atoms with Gasteiger partial charge in [0.2, 0.25) is 11.0 Å². The van der Waals surface area contributed by atoms with E-state index in [4.69, 9.17) is 4.74 Å². The fourth-order valence-electron chi connectivity index (χ4n) is 1.40. The molecule has 5 nitrogen and oxygen atoms in total. The lowest BCUT2D eigenvalue weighted by molar-refractivity contribution is -0.114. The first-order chi connectivity index (χ1) is 8.69. The Bertz CT molecular complexity index is 537. The predicted octanol–water partition coefficient (Wildman–Crippen LogP) is 2.56. The van der Waals surface area contributed by atoms with Gasteiger partial charge in [-0.25, -0.2) is 0 Å². The SMILES string of the molecule is CCOc1ccc(-c2nnc(NC(C)=O)s2)cc1. The molecule has 1 heterocycles. The first-order valence-electron chi connectivity index (χ1n) is 5.53. The van der Waals surface area contributed by atoms with Crippen LogP contribution in [0.2, 0.25) is 0 Å². The summed E-state index contributed by atoms with van der Waals surface area (Å²) in [6, 6.07) is 7.61. The van der Waals surface area contributed by atoms with Gasteiger partial charge in [0, 0.05) is 12.5 Å². The predicted molar refractivity (Wildman–Crippen MR) is 70.8 cm³/mol. The molecule has 0 fully saturated rings. The number of amides is 1. The third-order valence-electron chi connectivity index (χ3n) is 2.12. The van der Waals surface area contributed by atoms with Crippen molar-refractivity contribution in [2.75, 3.05) is 11.9 Å². The Morgan fingerprint density at radius 1 is 1.33 bits per heavy atom. The number of nitrogens with one attached hydrogen (secondary N) is 1. The maximum Gasteiger partial charge on any atom is 0.223 e. The van der Waals surface area contributed by atoms with Gasteiger partial charge in [0.05, 0.1) is 6.61 Å². The molecule has 0 aliphatic carbocycles. The molecule has 0 saturated carbocycles. The number of hydrogen-bond acceptors (Lipinski definition) is 5. The van der Waals surface area contributed by atoms with Gasteiger partial charge in [-0.05, 0) is 31.2 Å². The topological polar surface area (TPSA) is 64.1 Å². The number of hydrogen-bond donors (Lipinski definition) is 1. The second-order valence-electron chi connectivity index (χ2n) is 3.55. The Kier molecular flexibility index (Phi) is 3.88. The zero-order valence-electron chi connectivity index (χ0n) is 10.1. The van der Waals surface area contributed by atoms with Crippen LogP contribution in [0.5, 0.6) is 5.75 Å². The summed E-state index contributed by atoms with van der Waals surface area (Å²) in [5, 5.41) is 11.8. The fourth-order valence-corrected chi connectivity index (χ4v) is 2.20. The molecule has 0 radical (unpaired) electrons. The van der Waals surface area contributed by atoms with Crippen LogP contribution in [0.3, 0.4) is 0 Å². The summed E-state index contributed by atoms with van der Waals surface area (Å²) >= 11 is 1.34. The molecule has 0 aliphatic heterocycles. The van der Waals surface area contributed by atoms with E-state index in [-0.39, 0.29) is 5.91 Å². The van der Waals surface area contributed by atoms with Crippen LogP contribution >= 0.6 is 11.3 Å². The smallest absolute Gasteiger partial charge is 0.223 e. The molecule has 18 heavy (non-hydrogen) atoms. The van der Waals surface area contributed by atoms with E-state index in [1.54, 1.807) is 0 Å². The monoisotopic (exact) mass is 263 g/mol. The Labute approximate surface area is 109 Å². The Hall–Kier alpha value is -1.95. The molecule has 0 spiro atoms. The number of rotatable bonds is 4. The molecule has 1 aromatic carbocycles. The van der Waals surface area contributed by atoms with Crippen LogP contribution < -0.4 is 10.1 Å². The van der Waals surface area contributed by atoms with Crippen LogP contribution in [0.1, 0.15) is 13.8 Å². The number of carbonyl (C=O) groups excluding carboxylic acids is 1. The number of anilines is 1. The van der Waals surface area contributed by atoms with Gasteiger partial charge < -0.3 is 10.1 Å². The van der Waals surface area contributed by atoms with Gasteiger partial charge in [-0.1, -0.05) is 11.3 Å². The third kappa shape index (κ3) is 3.04. The second kappa shape index (κ2) is 5.59. The molecule has 0 saturated heterocycles. The Morgan fingerprint density at radius 3 is 2.67 bits per heavy atom. The quantitative estimate of drug-likeness (QED) is 0.920. The maximum absolute atomic E-state index is 10.9. The second-order valence-corrected chi connectivity index (χ2v) is 4.53. The number of aromatic nitrogens is 2. The summed E-state index contributed by atoms with van der Waals surface area (Å²) in [6.45, 7) is 4.03. The lowest BCUT2D eigenvalue weighted by Gasteiger charge is -2.02. The average Bonchev–Trinajstić information content (AvgIpc) is 2.78. The van der Waals surface area contributed by atoms with Crippen LogP contribution in [0.4, 0.5) is 5.13 Å². The van der Waals surface area contributed by atoms with Crippen molar-refractivity contribution >= 4 is 22.4 Å². The number of benzene rings is 1. The van der Waals surface area contributed by atoms with E-state index in [1.165, 1.54) is 18.3 Å². The summed E-state index contributed by atoms with van der Waals surface area (Å²) in [5.74, 6) is 0.678. The summed E-state index contributed by atoms with van der Waals surface area (Å²) in [4.78, 5) is 10.9. The first kappa shape index (κ1) is 12.5. The zero-order valence-corrected chi connectivity index (χ0v) is 11.0. The summed E-state index contributed by atoms with van der Waals surface area (Å²) in [6.07, 6.45) is 0. The van der Waals surface area contributed by atoms with E-state index >= 15 is 0 Å². The van der Waals surface area contributed by atoms with Gasteiger partial charge in [-0.15, -0.1) is 10.2 Å². The molecule has 2 rings (SSSR count). The lowest BCUT2D eigenvalue weighted by Crippen LogP contribution is -2.04. The number of ether oxygens (including phenoxy) is 1. The first-order valence-corrected chi connectivity index (χ1v) is 6.35. The van der Waals surface area contributed by atoms with Crippen molar-refractivity contribution in [2.45, 2.75) is 13.8 Å². The summed E-state index contributed by atoms with van der Waals surface area (Å²) in [5.41, 5.74) is 0.951. The van der Waals surface area contributed by atoms with E-state index < -0.39 is 0 Å². The summed E-state index contributed by atoms with van der Waals surface area (Å²) < 4.78 is 5.36. The molecular weight excluding hydrogens is 250 g/mol. The van der Waals surface area contributed by atoms with Crippen LogP contribution in [0.15, 0.2) is 24.3 Å². The molecule has 94 valence electrons. The largest absolute Gasteiger partial charge is 0.494 e. The van der Waals surface area contributed by atoms with Gasteiger partial charge >= 0.3 is 0 Å². The molecule has 0 unspecified atom stereocenters. The zero-order chi connectivity index (χ0) is 13.0. The van der Waals surface area contributed by atoms with E-state index in [0.29, 0.717) is 11.7 Å². The van der Waals surface area contributed by atoms with Gasteiger partial charge in [0.25, 0.3) is 0 Å². The number of carbonyl (C=O) groups is 1. The van der Waals surface area contributed by atoms with Crippen LogP contribution in [0, 0.1) is 0 Å². The van der Waals surface area contributed by atoms with Crippen molar-refractivity contribution in [3.8, 4) is 16.3 Å². The van der Waals surface area contributed by atoms with Crippen molar-refractivity contribution in [2.24, 2.45) is 0 Å². The summed E-state index contributed by atoms with van der Waals surface area (Å²) in [7, 11) is 0. The molecule has 2 aromatic rings. The number of nitrogens with zero attached hydrogens (tertiary/aromatic N) is 2. The van der Waals surface area contributed by atoms with Crippen molar-refractivity contribution in [1.29, 1.82) is 0 Å². The van der Waals surface area contributed by atoms with Crippen LogP contribution in [-0.2, 0) is 4.79 Å². The van der Waals surface area contributed by atoms with Gasteiger partial charge in [0.15, 0.2) is 0 Å². The molecule has 6 heteroatoms. The minimum absolute atomic E-state index is 0.149. The van der Waals surface area contributed by atoms with Gasteiger partial charge in [0.1, 0.15) is 10.8 Å². The van der Waals surface area contributed by atoms with E-state index in [9.17, 15) is 4.79 Å². The van der Waals surface area contributed by atoms with Crippen LogP contribution in [-0.4, -0.2) is 22.7 Å². The van der Waals surface area contributed by atoms with Crippen molar-refractivity contribution in [3.63, 3.8) is 0 Å². The van der Waals surface area contributed by atoms with Gasteiger partial charge in [-0.3, -0.25) is 4.79 Å². The minimum Gasteiger partial charge on any atom is -0.494 e. The molecule has 0 bridgehead atoms. The van der Waals surface area contributed by atoms with Gasteiger partial charge in [-0.2, -0.15) is 0 Å². The third-order valence-corrected chi connectivity index (χ3v) is 3.01. The molecule has 0 atom stereocenters. The maximum atomic E-state index is 10.9. The molecule has 1 N–H and O–H groups in total. The highest BCUT2D eigenvalue weighted by molar-refractivity contribution is 7.18. The standard InChI is InChI=1S/C12H13N3O2S/c1-3-17-10-6-4-9(5-7-10)11-14-15-12(18-11)13-8(2)16/h4-7H,3H2,1-2H3,(H,13,15,16). The molecule has 1 aromatic heterocycles. The lowest BCUT2D eigenvalue weighted by atomic mass is 10.2. The average molecular weight is 263 g/mol. The normalized spacial score (nSPS) is 10.1. The Balaban J connectivity index is 2.15. The van der Waals surface area contributed by atoms with Crippen molar-refractivity contribution in [3.05, 3.63) is 24.3 Å². The van der Waals surface area contributed by atoms with Crippen molar-refractivity contribution in [1.82, 2.24) is 10.2 Å². The fraction of sp³-hybridized carbons (Fsp3) is 0.250. The van der Waals surface area contributed by atoms with E-state index in [2.05, 4.69) is 15.5 Å². The van der Waals surface area contributed by atoms with E-state index in [0.717, 1.165) is 16.3 Å². The van der Waals surface area contributed by atoms with E-state index in [1.807, 2.05) is 31.2 Å². The molecule has 1 amide bonds. The Morgan fingerprint density at radius 2 is 2.06 bits per heavy atom. The highest BCUT2D eigenvalue weighted by Crippen LogP contribution is 2.27. The highest BCUT2D eigenvalue weighted by atomic mass is 32.1. The molecular formula is C12H13N3O2S. The highest BCUT2D eigenvalue weighted by Gasteiger charge is 2.07. The minimum atomic E-state index is -0.149.